The number of nitrogens with zero attached hydrogens (tertiary/aromatic N) is 3. The summed E-state index contributed by atoms with van der Waals surface area (Å²) in [4.78, 5) is 5.27. The summed E-state index contributed by atoms with van der Waals surface area (Å²) >= 11 is 1.58. The molecule has 68 valence electrons. The fraction of sp³-hybridized carbons (Fsp3) is 0.250. The average molecular weight is 195 g/mol. The van der Waals surface area contributed by atoms with E-state index in [1.165, 1.54) is 6.21 Å². The number of hydrogen-bond donors (Lipinski definition) is 1. The van der Waals surface area contributed by atoms with Gasteiger partial charge in [0.15, 0.2) is 4.96 Å². The second-order valence-corrected chi connectivity index (χ2v) is 3.66. The number of hydrogen-bond acceptors (Lipinski definition) is 4. The zero-order valence-corrected chi connectivity index (χ0v) is 8.17. The van der Waals surface area contributed by atoms with Crippen LogP contribution in [0, 0.1) is 13.8 Å². The van der Waals surface area contributed by atoms with Gasteiger partial charge in [-0.1, -0.05) is 5.16 Å². The Morgan fingerprint density at radius 2 is 2.38 bits per heavy atom. The van der Waals surface area contributed by atoms with E-state index in [2.05, 4.69) is 10.1 Å². The zero-order chi connectivity index (χ0) is 9.42. The Morgan fingerprint density at radius 3 is 3.08 bits per heavy atom. The van der Waals surface area contributed by atoms with Crippen molar-refractivity contribution in [1.82, 2.24) is 9.38 Å². The molecule has 0 radical (unpaired) electrons. The van der Waals surface area contributed by atoms with Crippen LogP contribution in [0.15, 0.2) is 10.5 Å². The van der Waals surface area contributed by atoms with E-state index in [1.807, 2.05) is 23.6 Å². The molecule has 0 atom stereocenters. The number of aromatic nitrogens is 2. The van der Waals surface area contributed by atoms with Crippen LogP contribution < -0.4 is 0 Å². The van der Waals surface area contributed by atoms with Gasteiger partial charge in [-0.25, -0.2) is 4.98 Å². The molecule has 0 spiro atoms. The second-order valence-electron chi connectivity index (χ2n) is 2.82. The quantitative estimate of drug-likeness (QED) is 0.428. The van der Waals surface area contributed by atoms with Gasteiger partial charge in [-0.3, -0.25) is 4.40 Å². The normalized spacial score (nSPS) is 11.8. The average Bonchev–Trinajstić information content (AvgIpc) is 2.57. The second kappa shape index (κ2) is 2.85. The summed E-state index contributed by atoms with van der Waals surface area (Å²) in [6.07, 6.45) is 1.41. The number of aryl methyl sites for hydroxylation is 2. The molecular weight excluding hydrogens is 186 g/mol. The molecule has 0 saturated heterocycles. The molecular formula is C8H9N3OS. The lowest BCUT2D eigenvalue weighted by molar-refractivity contribution is 0.321. The Balaban J connectivity index is 2.81. The van der Waals surface area contributed by atoms with E-state index >= 15 is 0 Å². The first-order chi connectivity index (χ1) is 6.24. The molecule has 0 aliphatic heterocycles. The lowest BCUT2D eigenvalue weighted by Crippen LogP contribution is -1.93. The first-order valence-electron chi connectivity index (χ1n) is 3.84. The molecule has 5 heteroatoms. The summed E-state index contributed by atoms with van der Waals surface area (Å²) in [6.45, 7) is 3.90. The molecule has 2 aromatic rings. The first-order valence-corrected chi connectivity index (χ1v) is 4.72. The van der Waals surface area contributed by atoms with Crippen molar-refractivity contribution in [1.29, 1.82) is 0 Å². The molecule has 13 heavy (non-hydrogen) atoms. The van der Waals surface area contributed by atoms with Gasteiger partial charge in [-0.05, 0) is 13.8 Å². The number of fused-ring (bicyclic) bond motifs is 1. The van der Waals surface area contributed by atoms with E-state index < -0.39 is 0 Å². The predicted molar refractivity (Wildman–Crippen MR) is 51.9 cm³/mol. The van der Waals surface area contributed by atoms with Gasteiger partial charge < -0.3 is 5.21 Å². The van der Waals surface area contributed by atoms with Gasteiger partial charge >= 0.3 is 0 Å². The van der Waals surface area contributed by atoms with Crippen molar-refractivity contribution in [3.8, 4) is 0 Å². The Kier molecular flexibility index (Phi) is 1.81. The molecule has 0 aromatic carbocycles. The molecule has 1 N–H and O–H groups in total. The smallest absolute Gasteiger partial charge is 0.194 e. The third-order valence-corrected chi connectivity index (χ3v) is 2.88. The van der Waals surface area contributed by atoms with E-state index in [0.29, 0.717) is 0 Å². The van der Waals surface area contributed by atoms with Crippen molar-refractivity contribution in [3.05, 3.63) is 22.5 Å². The highest BCUT2D eigenvalue weighted by Crippen LogP contribution is 2.18. The van der Waals surface area contributed by atoms with Crippen molar-refractivity contribution < 1.29 is 5.21 Å². The summed E-state index contributed by atoms with van der Waals surface area (Å²) < 4.78 is 1.97. The molecule has 0 saturated carbocycles. The van der Waals surface area contributed by atoms with Crippen LogP contribution >= 0.6 is 11.3 Å². The fourth-order valence-corrected chi connectivity index (χ4v) is 2.25. The minimum absolute atomic E-state index is 0.844. The van der Waals surface area contributed by atoms with Crippen LogP contribution in [0.4, 0.5) is 0 Å². The molecule has 4 nitrogen and oxygen atoms in total. The Bertz CT molecular complexity index is 469. The van der Waals surface area contributed by atoms with Crippen LogP contribution in [-0.2, 0) is 0 Å². The maximum atomic E-state index is 8.48. The highest BCUT2D eigenvalue weighted by atomic mass is 32.1. The van der Waals surface area contributed by atoms with E-state index in [-0.39, 0.29) is 0 Å². The minimum Gasteiger partial charge on any atom is -0.411 e. The van der Waals surface area contributed by atoms with Gasteiger partial charge in [0.1, 0.15) is 0 Å². The monoisotopic (exact) mass is 195 g/mol. The van der Waals surface area contributed by atoms with Gasteiger partial charge in [-0.15, -0.1) is 11.3 Å². The zero-order valence-electron chi connectivity index (χ0n) is 7.35. The molecule has 2 rings (SSSR count). The third kappa shape index (κ3) is 1.12. The molecule has 0 fully saturated rings. The highest BCUT2D eigenvalue weighted by molar-refractivity contribution is 7.15. The topological polar surface area (TPSA) is 49.9 Å². The van der Waals surface area contributed by atoms with Crippen LogP contribution in [0.5, 0.6) is 0 Å². The van der Waals surface area contributed by atoms with Gasteiger partial charge in [0.05, 0.1) is 17.6 Å². The lowest BCUT2D eigenvalue weighted by Gasteiger charge is -1.93. The van der Waals surface area contributed by atoms with Gasteiger partial charge in [0.2, 0.25) is 0 Å². The molecule has 0 unspecified atom stereocenters. The van der Waals surface area contributed by atoms with Gasteiger partial charge in [-0.2, -0.15) is 0 Å². The first kappa shape index (κ1) is 8.25. The number of imidazole rings is 1. The van der Waals surface area contributed by atoms with E-state index in [1.54, 1.807) is 11.3 Å². The highest BCUT2D eigenvalue weighted by Gasteiger charge is 2.09. The van der Waals surface area contributed by atoms with Crippen LogP contribution in [0.3, 0.4) is 0 Å². The third-order valence-electron chi connectivity index (χ3n) is 1.93. The van der Waals surface area contributed by atoms with Crippen LogP contribution in [0.25, 0.3) is 4.96 Å². The van der Waals surface area contributed by atoms with Crippen LogP contribution in [0.2, 0.25) is 0 Å². The predicted octanol–water partition coefficient (Wildman–Crippen LogP) is 1.82. The molecule has 0 bridgehead atoms. The SMILES string of the molecule is Cc1nc2scc(C)n2c1/C=N/O. The summed E-state index contributed by atoms with van der Waals surface area (Å²) in [6, 6.07) is 0. The lowest BCUT2D eigenvalue weighted by atomic mass is 10.3. The maximum absolute atomic E-state index is 8.48. The molecule has 0 amide bonds. The number of thiazole rings is 1. The Morgan fingerprint density at radius 1 is 1.62 bits per heavy atom. The largest absolute Gasteiger partial charge is 0.411 e. The van der Waals surface area contributed by atoms with Gasteiger partial charge in [0.25, 0.3) is 0 Å². The summed E-state index contributed by atoms with van der Waals surface area (Å²) in [5, 5.41) is 13.5. The van der Waals surface area contributed by atoms with Crippen molar-refractivity contribution in [3.63, 3.8) is 0 Å². The number of oxime groups is 1. The van der Waals surface area contributed by atoms with E-state index in [4.69, 9.17) is 5.21 Å². The van der Waals surface area contributed by atoms with Gasteiger partial charge in [0, 0.05) is 11.1 Å². The summed E-state index contributed by atoms with van der Waals surface area (Å²) in [5.74, 6) is 0. The Labute approximate surface area is 79.1 Å². The van der Waals surface area contributed by atoms with Crippen LogP contribution in [0.1, 0.15) is 17.1 Å². The molecule has 0 aliphatic carbocycles. The van der Waals surface area contributed by atoms with Crippen molar-refractivity contribution in [2.24, 2.45) is 5.16 Å². The van der Waals surface area contributed by atoms with Crippen molar-refractivity contribution in [2.75, 3.05) is 0 Å². The van der Waals surface area contributed by atoms with Crippen molar-refractivity contribution >= 4 is 22.5 Å². The van der Waals surface area contributed by atoms with E-state index in [0.717, 1.165) is 22.0 Å². The fourth-order valence-electron chi connectivity index (χ4n) is 1.33. The molecule has 2 heterocycles. The Hall–Kier alpha value is -1.36. The number of rotatable bonds is 1. The maximum Gasteiger partial charge on any atom is 0.194 e. The van der Waals surface area contributed by atoms with Crippen LogP contribution in [-0.4, -0.2) is 20.8 Å². The molecule has 0 aliphatic rings. The van der Waals surface area contributed by atoms with Crippen molar-refractivity contribution in [2.45, 2.75) is 13.8 Å². The molecule has 2 aromatic heterocycles. The summed E-state index contributed by atoms with van der Waals surface area (Å²) in [7, 11) is 0. The minimum atomic E-state index is 0.844. The standard InChI is InChI=1S/C8H9N3OS/c1-5-4-13-8-10-6(2)7(3-9-12)11(5)8/h3-4,12H,1-2H3/b9-3+. The van der Waals surface area contributed by atoms with E-state index in [9.17, 15) is 0 Å². The summed E-state index contributed by atoms with van der Waals surface area (Å²) in [5.41, 5.74) is 2.83.